The zero-order chi connectivity index (χ0) is 15.5. The summed E-state index contributed by atoms with van der Waals surface area (Å²) in [6, 6.07) is 8.58. The van der Waals surface area contributed by atoms with E-state index < -0.39 is 0 Å². The molecule has 0 saturated heterocycles. The van der Waals surface area contributed by atoms with Crippen molar-refractivity contribution in [1.29, 1.82) is 0 Å². The van der Waals surface area contributed by atoms with E-state index in [4.69, 9.17) is 0 Å². The molecule has 0 spiro atoms. The molecule has 21 heavy (non-hydrogen) atoms. The molecule has 2 nitrogen and oxygen atoms in total. The second-order valence-corrected chi connectivity index (χ2v) is 6.98. The van der Waals surface area contributed by atoms with Crippen molar-refractivity contribution < 1.29 is 4.79 Å². The van der Waals surface area contributed by atoms with E-state index in [9.17, 15) is 4.79 Å². The number of Topliss-reactive ketones (excluding diaryl/α,β-unsaturated/α-hetero) is 1. The van der Waals surface area contributed by atoms with E-state index in [0.717, 1.165) is 18.4 Å². The highest BCUT2D eigenvalue weighted by molar-refractivity contribution is 5.90. The molecule has 2 rings (SSSR count). The van der Waals surface area contributed by atoms with Crippen molar-refractivity contribution in [2.45, 2.75) is 63.8 Å². The molecule has 116 valence electrons. The molecule has 0 amide bonds. The summed E-state index contributed by atoms with van der Waals surface area (Å²) < 4.78 is 0. The fourth-order valence-electron chi connectivity index (χ4n) is 3.48. The second-order valence-electron chi connectivity index (χ2n) is 6.98. The van der Waals surface area contributed by atoms with Gasteiger partial charge in [-0.25, -0.2) is 0 Å². The van der Waals surface area contributed by atoms with Crippen molar-refractivity contribution in [1.82, 2.24) is 4.90 Å². The van der Waals surface area contributed by atoms with Gasteiger partial charge in [-0.15, -0.1) is 0 Å². The number of ketones is 1. The molecule has 1 aliphatic carbocycles. The van der Waals surface area contributed by atoms with Gasteiger partial charge < -0.3 is 0 Å². The first-order valence-corrected chi connectivity index (χ1v) is 8.25. The molecule has 1 aliphatic rings. The average Bonchev–Trinajstić information content (AvgIpc) is 2.48. The first kappa shape index (κ1) is 16.2. The van der Waals surface area contributed by atoms with Crippen molar-refractivity contribution in [3.8, 4) is 0 Å². The Morgan fingerprint density at radius 1 is 1.10 bits per heavy atom. The fraction of sp³-hybridized carbons (Fsp3) is 0.632. The lowest BCUT2D eigenvalue weighted by Crippen LogP contribution is -2.53. The minimum absolute atomic E-state index is 0.227. The lowest BCUT2D eigenvalue weighted by Gasteiger charge is -2.41. The highest BCUT2D eigenvalue weighted by atomic mass is 16.1. The van der Waals surface area contributed by atoms with Gasteiger partial charge >= 0.3 is 0 Å². The minimum Gasteiger partial charge on any atom is -0.297 e. The van der Waals surface area contributed by atoms with Gasteiger partial charge in [-0.05, 0) is 44.0 Å². The summed E-state index contributed by atoms with van der Waals surface area (Å²) in [4.78, 5) is 15.1. The predicted octanol–water partition coefficient (Wildman–Crippen LogP) is 4.19. The maximum Gasteiger partial charge on any atom is 0.157 e. The molecule has 0 atom stereocenters. The molecule has 0 unspecified atom stereocenters. The largest absolute Gasteiger partial charge is 0.297 e. The standard InChI is InChI=1S/C19H29NO/c1-15(2)17-10-8-16(9-11-17)14-18(21)19(20(3)4)12-6-5-7-13-19/h8-11,15H,5-7,12-14H2,1-4H3. The average molecular weight is 287 g/mol. The third-order valence-electron chi connectivity index (χ3n) is 5.07. The fourth-order valence-corrected chi connectivity index (χ4v) is 3.48. The van der Waals surface area contributed by atoms with Crippen LogP contribution in [0.15, 0.2) is 24.3 Å². The van der Waals surface area contributed by atoms with Crippen molar-refractivity contribution >= 4 is 5.78 Å². The van der Waals surface area contributed by atoms with Crippen molar-refractivity contribution in [2.75, 3.05) is 14.1 Å². The van der Waals surface area contributed by atoms with Crippen LogP contribution < -0.4 is 0 Å². The van der Waals surface area contributed by atoms with Crippen LogP contribution in [-0.2, 0) is 11.2 Å². The van der Waals surface area contributed by atoms with Gasteiger partial charge in [0.15, 0.2) is 5.78 Å². The van der Waals surface area contributed by atoms with Gasteiger partial charge in [-0.3, -0.25) is 9.69 Å². The van der Waals surface area contributed by atoms with Gasteiger partial charge in [0, 0.05) is 6.42 Å². The normalized spacial score (nSPS) is 18.2. The van der Waals surface area contributed by atoms with Crippen LogP contribution in [0.5, 0.6) is 0 Å². The minimum atomic E-state index is -0.227. The van der Waals surface area contributed by atoms with E-state index in [1.165, 1.54) is 24.8 Å². The number of carbonyl (C=O) groups excluding carboxylic acids is 1. The summed E-state index contributed by atoms with van der Waals surface area (Å²) in [7, 11) is 4.12. The highest BCUT2D eigenvalue weighted by Gasteiger charge is 2.40. The molecule has 0 aliphatic heterocycles. The number of nitrogens with zero attached hydrogens (tertiary/aromatic N) is 1. The highest BCUT2D eigenvalue weighted by Crippen LogP contribution is 2.34. The Labute approximate surface area is 129 Å². The van der Waals surface area contributed by atoms with Crippen LogP contribution >= 0.6 is 0 Å². The van der Waals surface area contributed by atoms with Crippen LogP contribution in [0.25, 0.3) is 0 Å². The van der Waals surface area contributed by atoms with Crippen LogP contribution in [0.1, 0.15) is 63.0 Å². The van der Waals surface area contributed by atoms with E-state index in [-0.39, 0.29) is 5.54 Å². The van der Waals surface area contributed by atoms with Gasteiger partial charge in [0.2, 0.25) is 0 Å². The van der Waals surface area contributed by atoms with Crippen LogP contribution in [0.3, 0.4) is 0 Å². The summed E-state index contributed by atoms with van der Waals surface area (Å²) in [6.07, 6.45) is 6.22. The van der Waals surface area contributed by atoms with Gasteiger partial charge in [0.25, 0.3) is 0 Å². The third-order valence-corrected chi connectivity index (χ3v) is 5.07. The number of benzene rings is 1. The molecule has 2 heteroatoms. The molecule has 0 radical (unpaired) electrons. The Hall–Kier alpha value is -1.15. The molecule has 1 aromatic rings. The Bertz CT molecular complexity index is 467. The van der Waals surface area contributed by atoms with Gasteiger partial charge in [-0.1, -0.05) is 57.4 Å². The third kappa shape index (κ3) is 3.55. The van der Waals surface area contributed by atoms with Crippen LogP contribution in [0, 0.1) is 0 Å². The second kappa shape index (κ2) is 6.74. The molecule has 1 fully saturated rings. The number of rotatable bonds is 5. The lowest BCUT2D eigenvalue weighted by molar-refractivity contribution is -0.131. The quantitative estimate of drug-likeness (QED) is 0.809. The first-order valence-electron chi connectivity index (χ1n) is 8.25. The molecule has 0 bridgehead atoms. The van der Waals surface area contributed by atoms with E-state index in [1.54, 1.807) is 0 Å². The predicted molar refractivity (Wildman–Crippen MR) is 88.7 cm³/mol. The molecular formula is C19H29NO. The first-order chi connectivity index (χ1) is 9.95. The van der Waals surface area contributed by atoms with E-state index in [1.807, 2.05) is 0 Å². The summed E-state index contributed by atoms with van der Waals surface area (Å²) in [6.45, 7) is 4.40. The summed E-state index contributed by atoms with van der Waals surface area (Å²) in [5, 5.41) is 0. The Kier molecular flexibility index (Phi) is 5.21. The van der Waals surface area contributed by atoms with Gasteiger partial charge in [0.1, 0.15) is 0 Å². The molecule has 0 aromatic heterocycles. The van der Waals surface area contributed by atoms with Crippen molar-refractivity contribution in [2.24, 2.45) is 0 Å². The molecule has 0 N–H and O–H groups in total. The topological polar surface area (TPSA) is 20.3 Å². The Morgan fingerprint density at radius 3 is 2.14 bits per heavy atom. The SMILES string of the molecule is CC(C)c1ccc(CC(=O)C2(N(C)C)CCCCC2)cc1. The van der Waals surface area contributed by atoms with E-state index in [0.29, 0.717) is 18.1 Å². The van der Waals surface area contributed by atoms with E-state index in [2.05, 4.69) is 57.1 Å². The Balaban J connectivity index is 2.11. The van der Waals surface area contributed by atoms with Crippen LogP contribution in [0.4, 0.5) is 0 Å². The Morgan fingerprint density at radius 2 is 1.67 bits per heavy atom. The number of hydrogen-bond acceptors (Lipinski definition) is 2. The molecule has 0 heterocycles. The number of likely N-dealkylation sites (N-methyl/N-ethyl adjacent to an activating group) is 1. The smallest absolute Gasteiger partial charge is 0.157 e. The maximum atomic E-state index is 12.9. The number of carbonyl (C=O) groups is 1. The maximum absolute atomic E-state index is 12.9. The van der Waals surface area contributed by atoms with E-state index >= 15 is 0 Å². The summed E-state index contributed by atoms with van der Waals surface area (Å²) in [5.41, 5.74) is 2.26. The molecule has 1 saturated carbocycles. The molecular weight excluding hydrogens is 258 g/mol. The number of hydrogen-bond donors (Lipinski definition) is 0. The van der Waals surface area contributed by atoms with Gasteiger partial charge in [0.05, 0.1) is 5.54 Å². The summed E-state index contributed by atoms with van der Waals surface area (Å²) in [5.74, 6) is 0.936. The summed E-state index contributed by atoms with van der Waals surface area (Å²) >= 11 is 0. The monoisotopic (exact) mass is 287 g/mol. The zero-order valence-electron chi connectivity index (χ0n) is 14.0. The van der Waals surface area contributed by atoms with Crippen LogP contribution in [-0.4, -0.2) is 30.3 Å². The molecule has 1 aromatic carbocycles. The lowest BCUT2D eigenvalue weighted by atomic mass is 9.76. The van der Waals surface area contributed by atoms with Crippen LogP contribution in [0.2, 0.25) is 0 Å². The van der Waals surface area contributed by atoms with Crippen molar-refractivity contribution in [3.05, 3.63) is 35.4 Å². The van der Waals surface area contributed by atoms with Gasteiger partial charge in [-0.2, -0.15) is 0 Å². The zero-order valence-corrected chi connectivity index (χ0v) is 14.0. The van der Waals surface area contributed by atoms with Crippen molar-refractivity contribution in [3.63, 3.8) is 0 Å².